The van der Waals surface area contributed by atoms with Crippen molar-refractivity contribution in [2.24, 2.45) is 0 Å². The van der Waals surface area contributed by atoms with Crippen molar-refractivity contribution in [2.45, 2.75) is 11.8 Å². The first-order chi connectivity index (χ1) is 2.00. The van der Waals surface area contributed by atoms with Crippen molar-refractivity contribution in [3.63, 3.8) is 0 Å². The summed E-state index contributed by atoms with van der Waals surface area (Å²) in [7, 11) is 9.47. The van der Waals surface area contributed by atoms with E-state index in [2.05, 4.69) is 0 Å². The molecule has 0 rings (SSSR count). The Balaban J connectivity index is 3.02. The molecular formula is C2H6Cl2Ni. The fourth-order valence-electron chi connectivity index (χ4n) is 0. The van der Waals surface area contributed by atoms with Crippen LogP contribution in [0.25, 0.3) is 0 Å². The van der Waals surface area contributed by atoms with Gasteiger partial charge in [-0.2, -0.15) is 0 Å². The third kappa shape index (κ3) is 41.6. The predicted molar refractivity (Wildman–Crippen MR) is 23.4 cm³/mol. The Bertz CT molecular complexity index is 23.1. The van der Waals surface area contributed by atoms with Crippen LogP contribution in [-0.2, 0) is 10.6 Å². The van der Waals surface area contributed by atoms with Gasteiger partial charge in [0, 0.05) is 0 Å². The van der Waals surface area contributed by atoms with E-state index in [0.29, 0.717) is 0 Å². The molecule has 0 atom stereocenters. The monoisotopic (exact) mass is 158 g/mol. The minimum atomic E-state index is -1.31. The van der Waals surface area contributed by atoms with Crippen LogP contribution in [0.2, 0.25) is 11.8 Å². The van der Waals surface area contributed by atoms with E-state index in [1.165, 1.54) is 0 Å². The standard InChI is InChI=1S/2CH3.2ClH.Ni/h2*1H3;2*1H;/q;;;;+2/p-2. The number of rotatable bonds is 0. The second-order valence-electron chi connectivity index (χ2n) is 0.839. The van der Waals surface area contributed by atoms with Crippen molar-refractivity contribution in [1.29, 1.82) is 0 Å². The Morgan fingerprint density at radius 2 is 1.20 bits per heavy atom. The summed E-state index contributed by atoms with van der Waals surface area (Å²) in [6.45, 7) is 0. The summed E-state index contributed by atoms with van der Waals surface area (Å²) in [4.78, 5) is 0. The van der Waals surface area contributed by atoms with E-state index in [1.807, 2.05) is 11.8 Å². The normalized spacial score (nSPS) is 15.2. The van der Waals surface area contributed by atoms with E-state index in [0.717, 1.165) is 0 Å². The SMILES string of the molecule is [CH3][Ni]([CH3])([Cl])[Cl]. The third-order valence-electron chi connectivity index (χ3n) is 0. The Labute approximate surface area is 43.1 Å². The zero-order chi connectivity index (χ0) is 4.50. The molecule has 0 saturated carbocycles. The maximum atomic E-state index is 5.39. The first-order valence-corrected chi connectivity index (χ1v) is 5.56. The average Bonchev–Trinajstić information content (AvgIpc) is 0.722. The molecule has 0 fully saturated rings. The second kappa shape index (κ2) is 1.68. The molecule has 0 amide bonds. The molecule has 0 aliphatic carbocycles. The van der Waals surface area contributed by atoms with E-state index < -0.39 is 10.6 Å². The Hall–Kier alpha value is 1.07. The molecule has 0 aliphatic rings. The van der Waals surface area contributed by atoms with Crippen LogP contribution in [0, 0.1) is 0 Å². The quantitative estimate of drug-likeness (QED) is 0.477. The van der Waals surface area contributed by atoms with Crippen molar-refractivity contribution in [2.75, 3.05) is 0 Å². The molecule has 0 aromatic rings. The zero-order valence-electron chi connectivity index (χ0n) is 3.07. The van der Waals surface area contributed by atoms with Gasteiger partial charge in [-0.3, -0.25) is 0 Å². The van der Waals surface area contributed by atoms with E-state index in [4.69, 9.17) is 20.4 Å². The van der Waals surface area contributed by atoms with Gasteiger partial charge in [0.1, 0.15) is 0 Å². The maximum absolute atomic E-state index is 5.39. The van der Waals surface area contributed by atoms with Crippen LogP contribution in [0.4, 0.5) is 0 Å². The minimum absolute atomic E-state index is 1.31. The summed E-state index contributed by atoms with van der Waals surface area (Å²) in [5, 5.41) is 0. The van der Waals surface area contributed by atoms with E-state index >= 15 is 0 Å². The van der Waals surface area contributed by atoms with Crippen molar-refractivity contribution >= 4 is 20.4 Å². The summed E-state index contributed by atoms with van der Waals surface area (Å²) in [6, 6.07) is 0. The van der Waals surface area contributed by atoms with Crippen LogP contribution >= 0.6 is 20.4 Å². The Kier molecular flexibility index (Phi) is 2.04. The molecule has 38 valence electrons. The van der Waals surface area contributed by atoms with Crippen molar-refractivity contribution < 1.29 is 10.6 Å². The first-order valence-electron chi connectivity index (χ1n) is 0.872. The number of halogens is 2. The van der Waals surface area contributed by atoms with Gasteiger partial charge in [-0.1, -0.05) is 0 Å². The summed E-state index contributed by atoms with van der Waals surface area (Å²) in [5.74, 6) is 3.62. The van der Waals surface area contributed by atoms with Crippen LogP contribution in [0.3, 0.4) is 0 Å². The molecule has 0 nitrogen and oxygen atoms in total. The molecule has 0 N–H and O–H groups in total. The van der Waals surface area contributed by atoms with Gasteiger partial charge >= 0.3 is 42.8 Å². The Morgan fingerprint density at radius 3 is 1.20 bits per heavy atom. The van der Waals surface area contributed by atoms with E-state index in [-0.39, 0.29) is 0 Å². The molecule has 0 radical (unpaired) electrons. The number of hydrogen-bond donors (Lipinski definition) is 0. The molecule has 0 unspecified atom stereocenters. The van der Waals surface area contributed by atoms with Crippen molar-refractivity contribution in [3.05, 3.63) is 0 Å². The van der Waals surface area contributed by atoms with Crippen LogP contribution in [0.1, 0.15) is 0 Å². The molecule has 0 saturated heterocycles. The van der Waals surface area contributed by atoms with Crippen LogP contribution in [0.15, 0.2) is 0 Å². The van der Waals surface area contributed by atoms with Crippen LogP contribution in [0.5, 0.6) is 0 Å². The van der Waals surface area contributed by atoms with Gasteiger partial charge < -0.3 is 0 Å². The topological polar surface area (TPSA) is 0 Å². The average molecular weight is 160 g/mol. The van der Waals surface area contributed by atoms with Gasteiger partial charge in [0.25, 0.3) is 0 Å². The fourth-order valence-corrected chi connectivity index (χ4v) is 0. The van der Waals surface area contributed by atoms with Gasteiger partial charge in [-0.05, 0) is 0 Å². The molecular weight excluding hydrogens is 154 g/mol. The molecule has 0 spiro atoms. The molecule has 3 heteroatoms. The van der Waals surface area contributed by atoms with Crippen LogP contribution < -0.4 is 0 Å². The Morgan fingerprint density at radius 1 is 1.20 bits per heavy atom. The molecule has 0 heterocycles. The van der Waals surface area contributed by atoms with Gasteiger partial charge in [0.15, 0.2) is 0 Å². The molecule has 0 bridgehead atoms. The van der Waals surface area contributed by atoms with Crippen molar-refractivity contribution in [3.8, 4) is 0 Å². The summed E-state index contributed by atoms with van der Waals surface area (Å²) in [6.07, 6.45) is 0. The molecule has 5 heavy (non-hydrogen) atoms. The fraction of sp³-hybridized carbons (Fsp3) is 1.00. The van der Waals surface area contributed by atoms with E-state index in [1.54, 1.807) is 0 Å². The third-order valence-corrected chi connectivity index (χ3v) is 0. The molecule has 0 aliphatic heterocycles. The molecule has 0 aromatic heterocycles. The van der Waals surface area contributed by atoms with Gasteiger partial charge in [0.2, 0.25) is 0 Å². The van der Waals surface area contributed by atoms with Gasteiger partial charge in [0.05, 0.1) is 0 Å². The van der Waals surface area contributed by atoms with Crippen molar-refractivity contribution in [1.82, 2.24) is 0 Å². The second-order valence-corrected chi connectivity index (χ2v) is 8.89. The number of hydrogen-bond acceptors (Lipinski definition) is 0. The summed E-state index contributed by atoms with van der Waals surface area (Å²) >= 11 is 0. The zero-order valence-corrected chi connectivity index (χ0v) is 5.57. The predicted octanol–water partition coefficient (Wildman–Crippen LogP) is 2.54. The van der Waals surface area contributed by atoms with Crippen LogP contribution in [-0.4, -0.2) is 0 Å². The summed E-state index contributed by atoms with van der Waals surface area (Å²) < 4.78 is 0. The summed E-state index contributed by atoms with van der Waals surface area (Å²) in [5.41, 5.74) is 0. The van der Waals surface area contributed by atoms with Gasteiger partial charge in [-0.25, -0.2) is 0 Å². The molecule has 0 aromatic carbocycles. The first kappa shape index (κ1) is 6.07. The van der Waals surface area contributed by atoms with E-state index in [9.17, 15) is 0 Å². The van der Waals surface area contributed by atoms with Gasteiger partial charge in [-0.15, -0.1) is 0 Å².